The first-order chi connectivity index (χ1) is 8.74. The van der Waals surface area contributed by atoms with Gasteiger partial charge in [-0.15, -0.1) is 0 Å². The predicted molar refractivity (Wildman–Crippen MR) is 76.4 cm³/mol. The molecule has 0 bridgehead atoms. The van der Waals surface area contributed by atoms with E-state index in [-0.39, 0.29) is 0 Å². The van der Waals surface area contributed by atoms with Gasteiger partial charge in [-0.05, 0) is 25.0 Å². The lowest BCUT2D eigenvalue weighted by atomic mass is 10.1. The molecule has 1 saturated heterocycles. The summed E-state index contributed by atoms with van der Waals surface area (Å²) < 4.78 is 0. The van der Waals surface area contributed by atoms with Crippen molar-refractivity contribution in [3.63, 3.8) is 0 Å². The van der Waals surface area contributed by atoms with Crippen LogP contribution >= 0.6 is 0 Å². The summed E-state index contributed by atoms with van der Waals surface area (Å²) in [7, 11) is 2.24. The third kappa shape index (κ3) is 2.25. The highest BCUT2D eigenvalue weighted by Gasteiger charge is 2.28. The molecule has 2 aliphatic rings. The molecule has 0 aliphatic carbocycles. The van der Waals surface area contributed by atoms with Gasteiger partial charge in [0.15, 0.2) is 0 Å². The van der Waals surface area contributed by atoms with Crippen LogP contribution in [0.5, 0.6) is 0 Å². The van der Waals surface area contributed by atoms with Gasteiger partial charge in [-0.25, -0.2) is 0 Å². The van der Waals surface area contributed by atoms with Crippen LogP contribution in [0.4, 0.5) is 5.69 Å². The fourth-order valence-electron chi connectivity index (χ4n) is 3.19. The van der Waals surface area contributed by atoms with Crippen LogP contribution in [0.25, 0.3) is 0 Å². The minimum atomic E-state index is 0.653. The minimum absolute atomic E-state index is 0.653. The Morgan fingerprint density at radius 2 is 2.06 bits per heavy atom. The molecule has 0 amide bonds. The molecule has 2 aliphatic heterocycles. The molecule has 3 heteroatoms. The molecule has 1 N–H and O–H groups in total. The molecule has 1 aromatic rings. The number of aryl methyl sites for hydroxylation is 1. The van der Waals surface area contributed by atoms with Gasteiger partial charge in [-0.3, -0.25) is 4.90 Å². The van der Waals surface area contributed by atoms with Gasteiger partial charge < -0.3 is 10.2 Å². The molecule has 0 radical (unpaired) electrons. The zero-order valence-electron chi connectivity index (χ0n) is 11.4. The van der Waals surface area contributed by atoms with Gasteiger partial charge in [-0.1, -0.05) is 17.7 Å². The van der Waals surface area contributed by atoms with Crippen molar-refractivity contribution in [1.82, 2.24) is 10.2 Å². The van der Waals surface area contributed by atoms with Crippen molar-refractivity contribution in [3.8, 4) is 0 Å². The summed E-state index contributed by atoms with van der Waals surface area (Å²) in [6.45, 7) is 8.06. The van der Waals surface area contributed by atoms with Crippen molar-refractivity contribution >= 4 is 5.69 Å². The van der Waals surface area contributed by atoms with E-state index in [9.17, 15) is 0 Å². The second-order valence-electron chi connectivity index (χ2n) is 5.65. The molecule has 0 aromatic heterocycles. The van der Waals surface area contributed by atoms with E-state index < -0.39 is 0 Å². The van der Waals surface area contributed by atoms with Gasteiger partial charge in [0.05, 0.1) is 0 Å². The van der Waals surface area contributed by atoms with Crippen molar-refractivity contribution in [3.05, 3.63) is 29.3 Å². The van der Waals surface area contributed by atoms with E-state index in [1.807, 2.05) is 0 Å². The molecular formula is C15H23N3. The summed E-state index contributed by atoms with van der Waals surface area (Å²) >= 11 is 0. The topological polar surface area (TPSA) is 18.5 Å². The summed E-state index contributed by atoms with van der Waals surface area (Å²) in [4.78, 5) is 5.06. The number of piperazine rings is 1. The smallest absolute Gasteiger partial charge is 0.0455 e. The maximum atomic E-state index is 3.42. The monoisotopic (exact) mass is 245 g/mol. The van der Waals surface area contributed by atoms with Crippen molar-refractivity contribution in [2.24, 2.45) is 0 Å². The molecule has 0 saturated carbocycles. The average molecular weight is 245 g/mol. The van der Waals surface area contributed by atoms with Crippen LogP contribution < -0.4 is 10.2 Å². The summed E-state index contributed by atoms with van der Waals surface area (Å²) in [6.07, 6.45) is 1.21. The Balaban J connectivity index is 1.69. The maximum absolute atomic E-state index is 3.42. The number of hydrogen-bond acceptors (Lipinski definition) is 3. The van der Waals surface area contributed by atoms with Gasteiger partial charge in [0.1, 0.15) is 0 Å². The van der Waals surface area contributed by atoms with Crippen LogP contribution in [-0.2, 0) is 6.42 Å². The predicted octanol–water partition coefficient (Wildman–Crippen LogP) is 1.26. The van der Waals surface area contributed by atoms with Gasteiger partial charge in [-0.2, -0.15) is 0 Å². The van der Waals surface area contributed by atoms with E-state index in [4.69, 9.17) is 0 Å². The van der Waals surface area contributed by atoms with E-state index in [1.165, 1.54) is 42.9 Å². The van der Waals surface area contributed by atoms with Gasteiger partial charge >= 0.3 is 0 Å². The second-order valence-corrected chi connectivity index (χ2v) is 5.65. The van der Waals surface area contributed by atoms with Crippen LogP contribution in [0, 0.1) is 6.92 Å². The summed E-state index contributed by atoms with van der Waals surface area (Å²) in [5.74, 6) is 0. The molecule has 1 unspecified atom stereocenters. The van der Waals surface area contributed by atoms with Crippen LogP contribution in [0.3, 0.4) is 0 Å². The molecule has 0 spiro atoms. The number of fused-ring (bicyclic) bond motifs is 1. The molecule has 1 fully saturated rings. The number of benzene rings is 1. The molecule has 18 heavy (non-hydrogen) atoms. The van der Waals surface area contributed by atoms with E-state index >= 15 is 0 Å². The number of anilines is 1. The highest BCUT2D eigenvalue weighted by atomic mass is 15.2. The van der Waals surface area contributed by atoms with Crippen molar-refractivity contribution in [2.45, 2.75) is 19.4 Å². The molecule has 1 atom stereocenters. The standard InChI is InChI=1S/C15H23N3/c1-12-3-4-15-13(9-12)10-14(17(15)2)11-18-7-5-16-6-8-18/h3-4,9,14,16H,5-8,10-11H2,1-2H3. The molecule has 1 aromatic carbocycles. The van der Waals surface area contributed by atoms with Gasteiger partial charge in [0.2, 0.25) is 0 Å². The first kappa shape index (κ1) is 12.0. The van der Waals surface area contributed by atoms with E-state index in [2.05, 4.69) is 47.3 Å². The maximum Gasteiger partial charge on any atom is 0.0455 e. The largest absolute Gasteiger partial charge is 0.370 e. The molecular weight excluding hydrogens is 222 g/mol. The molecule has 98 valence electrons. The van der Waals surface area contributed by atoms with Gasteiger partial charge in [0, 0.05) is 51.5 Å². The lowest BCUT2D eigenvalue weighted by Gasteiger charge is -2.32. The van der Waals surface area contributed by atoms with Crippen LogP contribution in [0.15, 0.2) is 18.2 Å². The highest BCUT2D eigenvalue weighted by molar-refractivity contribution is 5.59. The quantitative estimate of drug-likeness (QED) is 0.846. The van der Waals surface area contributed by atoms with Crippen LogP contribution in [0.2, 0.25) is 0 Å². The molecule has 2 heterocycles. The Kier molecular flexibility index (Phi) is 3.27. The summed E-state index contributed by atoms with van der Waals surface area (Å²) in [5, 5.41) is 3.42. The normalized spacial score (nSPS) is 24.3. The fourth-order valence-corrected chi connectivity index (χ4v) is 3.19. The van der Waals surface area contributed by atoms with Gasteiger partial charge in [0.25, 0.3) is 0 Å². The first-order valence-corrected chi connectivity index (χ1v) is 6.99. The van der Waals surface area contributed by atoms with E-state index in [0.29, 0.717) is 6.04 Å². The van der Waals surface area contributed by atoms with Crippen molar-refractivity contribution in [2.75, 3.05) is 44.7 Å². The molecule has 3 rings (SSSR count). The summed E-state index contributed by atoms with van der Waals surface area (Å²) in [6, 6.07) is 7.51. The molecule has 3 nitrogen and oxygen atoms in total. The lowest BCUT2D eigenvalue weighted by Crippen LogP contribution is -2.48. The number of hydrogen-bond donors (Lipinski definition) is 1. The number of rotatable bonds is 2. The van der Waals surface area contributed by atoms with E-state index in [1.54, 1.807) is 0 Å². The number of likely N-dealkylation sites (N-methyl/N-ethyl adjacent to an activating group) is 1. The first-order valence-electron chi connectivity index (χ1n) is 6.99. The average Bonchev–Trinajstić information content (AvgIpc) is 2.67. The van der Waals surface area contributed by atoms with Crippen molar-refractivity contribution in [1.29, 1.82) is 0 Å². The fraction of sp³-hybridized carbons (Fsp3) is 0.600. The lowest BCUT2D eigenvalue weighted by molar-refractivity contribution is 0.227. The summed E-state index contributed by atoms with van der Waals surface area (Å²) in [5.41, 5.74) is 4.34. The minimum Gasteiger partial charge on any atom is -0.370 e. The Bertz CT molecular complexity index is 424. The Hall–Kier alpha value is -1.06. The zero-order chi connectivity index (χ0) is 12.5. The van der Waals surface area contributed by atoms with E-state index in [0.717, 1.165) is 13.1 Å². The number of nitrogens with one attached hydrogen (secondary N) is 1. The third-order valence-electron chi connectivity index (χ3n) is 4.30. The Morgan fingerprint density at radius 1 is 1.28 bits per heavy atom. The highest BCUT2D eigenvalue weighted by Crippen LogP contribution is 2.31. The SMILES string of the molecule is Cc1ccc2c(c1)CC(CN1CCNCC1)N2C. The van der Waals surface area contributed by atoms with Crippen LogP contribution in [-0.4, -0.2) is 50.7 Å². The second kappa shape index (κ2) is 4.90. The Labute approximate surface area is 110 Å². The zero-order valence-corrected chi connectivity index (χ0v) is 11.4. The van der Waals surface area contributed by atoms with Crippen molar-refractivity contribution < 1.29 is 0 Å². The number of nitrogens with zero attached hydrogens (tertiary/aromatic N) is 2. The Morgan fingerprint density at radius 3 is 2.83 bits per heavy atom. The van der Waals surface area contributed by atoms with Crippen LogP contribution in [0.1, 0.15) is 11.1 Å². The third-order valence-corrected chi connectivity index (χ3v) is 4.30.